The lowest BCUT2D eigenvalue weighted by Crippen LogP contribution is -2.55. The first-order valence-electron chi connectivity index (χ1n) is 10.9. The van der Waals surface area contributed by atoms with E-state index in [4.69, 9.17) is 10.5 Å². The van der Waals surface area contributed by atoms with Crippen LogP contribution in [0.3, 0.4) is 0 Å². The molecule has 0 aromatic heterocycles. The van der Waals surface area contributed by atoms with Gasteiger partial charge in [0.2, 0.25) is 11.8 Å². The smallest absolute Gasteiger partial charge is 0.313 e. The topological polar surface area (TPSA) is 123 Å². The van der Waals surface area contributed by atoms with E-state index >= 15 is 0 Å². The summed E-state index contributed by atoms with van der Waals surface area (Å²) >= 11 is 3.49. The molecule has 31 heavy (non-hydrogen) atoms. The van der Waals surface area contributed by atoms with Crippen LogP contribution in [0, 0.1) is 11.8 Å². The number of carbonyl (C=O) groups excluding carboxylic acids is 3. The SMILES string of the molecule is NC(=O)NC1(C(=O)NCC(NC(=O)C2COc3c(Br)cccc3C2)C2CCCC2)CC1. The highest BCUT2D eigenvalue weighted by atomic mass is 79.9. The number of nitrogens with two attached hydrogens (primary N) is 1. The Bertz CT molecular complexity index is 867. The van der Waals surface area contributed by atoms with Gasteiger partial charge in [-0.1, -0.05) is 25.0 Å². The Balaban J connectivity index is 1.37. The minimum atomic E-state index is -0.885. The molecule has 4 amide bonds. The molecule has 1 aromatic rings. The number of carbonyl (C=O) groups is 3. The van der Waals surface area contributed by atoms with E-state index in [0.29, 0.717) is 38.3 Å². The molecule has 0 radical (unpaired) electrons. The molecule has 8 nitrogen and oxygen atoms in total. The molecule has 2 saturated carbocycles. The van der Waals surface area contributed by atoms with Crippen LogP contribution in [-0.2, 0) is 16.0 Å². The number of para-hydroxylation sites is 1. The van der Waals surface area contributed by atoms with E-state index in [1.807, 2.05) is 18.2 Å². The average Bonchev–Trinajstić information content (AvgIpc) is 3.31. The van der Waals surface area contributed by atoms with Gasteiger partial charge in [0.1, 0.15) is 17.9 Å². The number of hydrogen-bond acceptors (Lipinski definition) is 4. The lowest BCUT2D eigenvalue weighted by molar-refractivity contribution is -0.128. The summed E-state index contributed by atoms with van der Waals surface area (Å²) in [5.41, 5.74) is 5.33. The monoisotopic (exact) mass is 492 g/mol. The van der Waals surface area contributed by atoms with E-state index in [2.05, 4.69) is 31.9 Å². The fourth-order valence-corrected chi connectivity index (χ4v) is 5.21. The first kappa shape index (κ1) is 21.9. The number of urea groups is 1. The highest BCUT2D eigenvalue weighted by molar-refractivity contribution is 9.10. The standard InChI is InChI=1S/C22H29BrN4O4/c23-16-7-3-6-14-10-15(12-31-18(14)16)19(28)26-17(13-4-1-2-5-13)11-25-20(29)22(8-9-22)27-21(24)30/h3,6-7,13,15,17H,1-2,4-5,8-12H2,(H,25,29)(H,26,28)(H3,24,27,30). The van der Waals surface area contributed by atoms with E-state index < -0.39 is 11.6 Å². The summed E-state index contributed by atoms with van der Waals surface area (Å²) in [5, 5.41) is 8.67. The zero-order valence-corrected chi connectivity index (χ0v) is 19.0. The minimum absolute atomic E-state index is 0.0480. The number of rotatable bonds is 7. The minimum Gasteiger partial charge on any atom is -0.491 e. The number of amides is 4. The maximum atomic E-state index is 13.1. The second-order valence-electron chi connectivity index (χ2n) is 8.88. The predicted octanol–water partition coefficient (Wildman–Crippen LogP) is 1.99. The van der Waals surface area contributed by atoms with Crippen molar-refractivity contribution in [3.63, 3.8) is 0 Å². The summed E-state index contributed by atoms with van der Waals surface area (Å²) in [4.78, 5) is 36.9. The van der Waals surface area contributed by atoms with Crippen molar-refractivity contribution in [2.24, 2.45) is 17.6 Å². The van der Waals surface area contributed by atoms with Crippen molar-refractivity contribution in [1.29, 1.82) is 0 Å². The number of ether oxygens (including phenoxy) is 1. The van der Waals surface area contributed by atoms with Gasteiger partial charge in [-0.2, -0.15) is 0 Å². The second-order valence-corrected chi connectivity index (χ2v) is 9.74. The number of halogens is 1. The van der Waals surface area contributed by atoms with Crippen LogP contribution in [0.2, 0.25) is 0 Å². The van der Waals surface area contributed by atoms with Gasteiger partial charge in [0.25, 0.3) is 0 Å². The third kappa shape index (κ3) is 4.97. The first-order valence-corrected chi connectivity index (χ1v) is 11.7. The van der Waals surface area contributed by atoms with Crippen molar-refractivity contribution >= 4 is 33.8 Å². The Morgan fingerprint density at radius 3 is 2.65 bits per heavy atom. The molecule has 1 heterocycles. The molecule has 2 fully saturated rings. The van der Waals surface area contributed by atoms with Crippen molar-refractivity contribution in [3.8, 4) is 5.75 Å². The van der Waals surface area contributed by atoms with E-state index in [9.17, 15) is 14.4 Å². The van der Waals surface area contributed by atoms with Crippen LogP contribution < -0.4 is 26.4 Å². The van der Waals surface area contributed by atoms with Gasteiger partial charge in [-0.05, 0) is 65.6 Å². The van der Waals surface area contributed by atoms with E-state index in [-0.39, 0.29) is 23.8 Å². The molecule has 0 spiro atoms. The summed E-state index contributed by atoms with van der Waals surface area (Å²) in [7, 11) is 0. The first-order chi connectivity index (χ1) is 14.9. The van der Waals surface area contributed by atoms with E-state index in [1.54, 1.807) is 0 Å². The molecule has 2 atom stereocenters. The number of nitrogens with one attached hydrogen (secondary N) is 3. The zero-order valence-electron chi connectivity index (χ0n) is 17.4. The average molecular weight is 493 g/mol. The summed E-state index contributed by atoms with van der Waals surface area (Å²) in [5.74, 6) is 0.585. The van der Waals surface area contributed by atoms with Crippen LogP contribution in [-0.4, -0.2) is 42.6 Å². The molecule has 9 heteroatoms. The van der Waals surface area contributed by atoms with Gasteiger partial charge >= 0.3 is 6.03 Å². The van der Waals surface area contributed by atoms with Crippen molar-refractivity contribution in [2.75, 3.05) is 13.2 Å². The molecule has 4 rings (SSSR count). The van der Waals surface area contributed by atoms with Crippen molar-refractivity contribution in [1.82, 2.24) is 16.0 Å². The summed E-state index contributed by atoms with van der Waals surface area (Å²) < 4.78 is 6.75. The molecule has 3 aliphatic rings. The molecule has 168 valence electrons. The van der Waals surface area contributed by atoms with Gasteiger partial charge in [-0.25, -0.2) is 4.79 Å². The van der Waals surface area contributed by atoms with Crippen LogP contribution in [0.5, 0.6) is 5.75 Å². The lowest BCUT2D eigenvalue weighted by Gasteiger charge is -2.30. The molecule has 1 aliphatic heterocycles. The third-order valence-electron chi connectivity index (χ3n) is 6.64. The predicted molar refractivity (Wildman–Crippen MR) is 118 cm³/mol. The van der Waals surface area contributed by atoms with Crippen LogP contribution >= 0.6 is 15.9 Å². The highest BCUT2D eigenvalue weighted by Gasteiger charge is 2.51. The fourth-order valence-electron chi connectivity index (χ4n) is 4.69. The van der Waals surface area contributed by atoms with E-state index in [0.717, 1.165) is 41.5 Å². The Labute approximate surface area is 190 Å². The highest BCUT2D eigenvalue weighted by Crippen LogP contribution is 2.36. The quantitative estimate of drug-likeness (QED) is 0.464. The summed E-state index contributed by atoms with van der Waals surface area (Å²) in [6.07, 6.45) is 6.10. The van der Waals surface area contributed by atoms with Gasteiger partial charge in [-0.3, -0.25) is 9.59 Å². The van der Waals surface area contributed by atoms with Crippen molar-refractivity contribution in [2.45, 2.75) is 56.5 Å². The number of hydrogen-bond donors (Lipinski definition) is 4. The van der Waals surface area contributed by atoms with Gasteiger partial charge in [0.05, 0.1) is 10.4 Å². The fraction of sp³-hybridized carbons (Fsp3) is 0.591. The number of benzene rings is 1. The maximum Gasteiger partial charge on any atom is 0.313 e. The lowest BCUT2D eigenvalue weighted by atomic mass is 9.93. The van der Waals surface area contributed by atoms with Gasteiger partial charge in [0.15, 0.2) is 0 Å². The normalized spacial score (nSPS) is 22.5. The Morgan fingerprint density at radius 1 is 1.23 bits per heavy atom. The van der Waals surface area contributed by atoms with E-state index in [1.165, 1.54) is 0 Å². The summed E-state index contributed by atoms with van der Waals surface area (Å²) in [6, 6.07) is 5.01. The van der Waals surface area contributed by atoms with Crippen molar-refractivity contribution < 1.29 is 19.1 Å². The molecule has 1 aromatic carbocycles. The van der Waals surface area contributed by atoms with Gasteiger partial charge in [0, 0.05) is 12.6 Å². The largest absolute Gasteiger partial charge is 0.491 e. The third-order valence-corrected chi connectivity index (χ3v) is 7.27. The summed E-state index contributed by atoms with van der Waals surface area (Å²) in [6.45, 7) is 0.671. The van der Waals surface area contributed by atoms with Gasteiger partial charge in [-0.15, -0.1) is 0 Å². The van der Waals surface area contributed by atoms with Crippen LogP contribution in [0.15, 0.2) is 22.7 Å². The molecule has 5 N–H and O–H groups in total. The maximum absolute atomic E-state index is 13.1. The molecule has 2 aliphatic carbocycles. The molecule has 2 unspecified atom stereocenters. The number of primary amides is 1. The molecule has 0 bridgehead atoms. The van der Waals surface area contributed by atoms with Crippen molar-refractivity contribution in [3.05, 3.63) is 28.2 Å². The second kappa shape index (κ2) is 9.06. The van der Waals surface area contributed by atoms with Gasteiger partial charge < -0.3 is 26.4 Å². The van der Waals surface area contributed by atoms with Crippen LogP contribution in [0.25, 0.3) is 0 Å². The molecule has 0 saturated heterocycles. The van der Waals surface area contributed by atoms with Crippen LogP contribution in [0.4, 0.5) is 4.79 Å². The molecular weight excluding hydrogens is 464 g/mol. The number of fused-ring (bicyclic) bond motifs is 1. The Hall–Kier alpha value is -2.29. The van der Waals surface area contributed by atoms with Crippen LogP contribution in [0.1, 0.15) is 44.1 Å². The molecular formula is C22H29BrN4O4. The Kier molecular flexibility index (Phi) is 6.41. The zero-order chi connectivity index (χ0) is 22.0. The Morgan fingerprint density at radius 2 is 1.97 bits per heavy atom.